The second kappa shape index (κ2) is 5.42. The van der Waals surface area contributed by atoms with Crippen LogP contribution in [0.3, 0.4) is 0 Å². The molecule has 1 atom stereocenters. The maximum Gasteiger partial charge on any atom is 0.264 e. The van der Waals surface area contributed by atoms with E-state index in [2.05, 4.69) is 10.2 Å². The summed E-state index contributed by atoms with van der Waals surface area (Å²) in [6.07, 6.45) is 6.83. The number of carbonyl (C=O) groups excluding carboxylic acids is 1. The number of H-pyrrole nitrogens is 1. The quantitative estimate of drug-likeness (QED) is 0.948. The molecular formula is C15H19N3O2S. The largest absolute Gasteiger partial charge is 0.377 e. The zero-order valence-corrected chi connectivity index (χ0v) is 12.7. The van der Waals surface area contributed by atoms with Gasteiger partial charge in [-0.3, -0.25) is 9.89 Å². The van der Waals surface area contributed by atoms with Gasteiger partial charge in [-0.2, -0.15) is 5.10 Å². The van der Waals surface area contributed by atoms with Crippen LogP contribution in [0.2, 0.25) is 0 Å². The lowest BCUT2D eigenvalue weighted by Gasteiger charge is -2.39. The molecule has 1 aliphatic carbocycles. The van der Waals surface area contributed by atoms with Crippen molar-refractivity contribution in [3.63, 3.8) is 0 Å². The number of ether oxygens (including phenoxy) is 1. The number of nitrogens with one attached hydrogen (secondary N) is 1. The van der Waals surface area contributed by atoms with Gasteiger partial charge >= 0.3 is 0 Å². The molecule has 2 aromatic heterocycles. The number of nitrogens with zero attached hydrogens (tertiary/aromatic N) is 2. The van der Waals surface area contributed by atoms with Crippen LogP contribution in [0.1, 0.15) is 35.4 Å². The first-order valence-electron chi connectivity index (χ1n) is 7.63. The van der Waals surface area contributed by atoms with Crippen LogP contribution in [0.15, 0.2) is 12.3 Å². The Morgan fingerprint density at radius 3 is 3.19 bits per heavy atom. The number of fused-ring (bicyclic) bond motifs is 1. The van der Waals surface area contributed by atoms with E-state index in [0.717, 1.165) is 27.4 Å². The van der Waals surface area contributed by atoms with E-state index in [9.17, 15) is 4.79 Å². The Morgan fingerprint density at radius 2 is 2.43 bits per heavy atom. The van der Waals surface area contributed by atoms with E-state index >= 15 is 0 Å². The van der Waals surface area contributed by atoms with Crippen molar-refractivity contribution >= 4 is 27.5 Å². The Bertz CT molecular complexity index is 618. The first-order valence-corrected chi connectivity index (χ1v) is 8.44. The number of aromatic nitrogens is 2. The second-order valence-corrected chi connectivity index (χ2v) is 7.08. The van der Waals surface area contributed by atoms with Crippen molar-refractivity contribution in [2.75, 3.05) is 19.8 Å². The number of hydrogen-bond acceptors (Lipinski definition) is 4. The Labute approximate surface area is 127 Å². The fraction of sp³-hybridized carbons (Fsp3) is 0.600. The third-order valence-corrected chi connectivity index (χ3v) is 5.70. The summed E-state index contributed by atoms with van der Waals surface area (Å²) in [6.45, 7) is 2.05. The molecule has 0 radical (unpaired) electrons. The third-order valence-electron chi connectivity index (χ3n) is 4.66. The van der Waals surface area contributed by atoms with Gasteiger partial charge in [0.25, 0.3) is 5.91 Å². The van der Waals surface area contributed by atoms with E-state index < -0.39 is 0 Å². The highest BCUT2D eigenvalue weighted by Gasteiger charge is 2.32. The lowest BCUT2D eigenvalue weighted by molar-refractivity contribution is -0.0121. The predicted octanol–water partition coefficient (Wildman–Crippen LogP) is 2.66. The molecule has 1 N–H and O–H groups in total. The first kappa shape index (κ1) is 13.3. The maximum atomic E-state index is 12.8. The average Bonchev–Trinajstić information content (AvgIpc) is 3.03. The summed E-state index contributed by atoms with van der Waals surface area (Å²) in [7, 11) is 0. The molecule has 0 spiro atoms. The smallest absolute Gasteiger partial charge is 0.264 e. The highest BCUT2D eigenvalue weighted by atomic mass is 32.1. The summed E-state index contributed by atoms with van der Waals surface area (Å²) in [4.78, 5) is 16.6. The van der Waals surface area contributed by atoms with Crippen LogP contribution in [0.5, 0.6) is 0 Å². The number of rotatable bonds is 3. The molecule has 112 valence electrons. The number of amides is 1. The van der Waals surface area contributed by atoms with E-state index in [1.54, 1.807) is 6.20 Å². The van der Waals surface area contributed by atoms with Crippen LogP contribution in [0, 0.1) is 5.92 Å². The molecule has 1 unspecified atom stereocenters. The highest BCUT2D eigenvalue weighted by molar-refractivity contribution is 7.20. The summed E-state index contributed by atoms with van der Waals surface area (Å²) in [5.74, 6) is 0.936. The van der Waals surface area contributed by atoms with Gasteiger partial charge in [0.15, 0.2) is 0 Å². The SMILES string of the molecule is O=C(c1cc2cn[nH]c2s1)N1CCOCC1CC1CCC1. The number of carbonyl (C=O) groups is 1. The molecule has 2 aliphatic rings. The summed E-state index contributed by atoms with van der Waals surface area (Å²) >= 11 is 1.50. The minimum absolute atomic E-state index is 0.150. The van der Waals surface area contributed by atoms with E-state index in [1.807, 2.05) is 11.0 Å². The van der Waals surface area contributed by atoms with E-state index in [0.29, 0.717) is 19.8 Å². The van der Waals surface area contributed by atoms with Gasteiger partial charge in [0.1, 0.15) is 4.83 Å². The van der Waals surface area contributed by atoms with Crippen LogP contribution >= 0.6 is 11.3 Å². The van der Waals surface area contributed by atoms with Crippen molar-refractivity contribution in [3.8, 4) is 0 Å². The van der Waals surface area contributed by atoms with Crippen LogP contribution < -0.4 is 0 Å². The maximum absolute atomic E-state index is 12.8. The standard InChI is InChI=1S/C15H19N3O2S/c19-15(13-7-11-8-16-17-14(11)21-13)18-4-5-20-9-12(18)6-10-2-1-3-10/h7-8,10,12H,1-6,9H2,(H,16,17). The molecule has 5 nitrogen and oxygen atoms in total. The fourth-order valence-electron chi connectivity index (χ4n) is 3.23. The lowest BCUT2D eigenvalue weighted by Crippen LogP contribution is -2.49. The van der Waals surface area contributed by atoms with Gasteiger partial charge < -0.3 is 9.64 Å². The number of hydrogen-bond donors (Lipinski definition) is 1. The molecule has 0 bridgehead atoms. The Balaban J connectivity index is 1.53. The zero-order valence-electron chi connectivity index (χ0n) is 11.9. The molecule has 0 aromatic carbocycles. The van der Waals surface area contributed by atoms with E-state index in [4.69, 9.17) is 4.74 Å². The van der Waals surface area contributed by atoms with Crippen LogP contribution in [0.4, 0.5) is 0 Å². The van der Waals surface area contributed by atoms with Crippen molar-refractivity contribution in [1.82, 2.24) is 15.1 Å². The monoisotopic (exact) mass is 305 g/mol. The molecular weight excluding hydrogens is 286 g/mol. The molecule has 2 aromatic rings. The van der Waals surface area contributed by atoms with Crippen LogP contribution in [0.25, 0.3) is 10.2 Å². The topological polar surface area (TPSA) is 58.2 Å². The fourth-order valence-corrected chi connectivity index (χ4v) is 4.16. The van der Waals surface area contributed by atoms with Crippen molar-refractivity contribution in [3.05, 3.63) is 17.1 Å². The number of aromatic amines is 1. The van der Waals surface area contributed by atoms with E-state index in [-0.39, 0.29) is 11.9 Å². The van der Waals surface area contributed by atoms with Crippen molar-refractivity contribution in [2.24, 2.45) is 5.92 Å². The van der Waals surface area contributed by atoms with Crippen LogP contribution in [-0.2, 0) is 4.74 Å². The van der Waals surface area contributed by atoms with Gasteiger partial charge in [-0.25, -0.2) is 0 Å². The highest BCUT2D eigenvalue weighted by Crippen LogP contribution is 2.33. The third kappa shape index (κ3) is 2.46. The predicted molar refractivity (Wildman–Crippen MR) is 81.6 cm³/mol. The average molecular weight is 305 g/mol. The molecule has 21 heavy (non-hydrogen) atoms. The Hall–Kier alpha value is -1.40. The Kier molecular flexibility index (Phi) is 3.43. The van der Waals surface area contributed by atoms with Crippen molar-refractivity contribution < 1.29 is 9.53 Å². The van der Waals surface area contributed by atoms with Crippen molar-refractivity contribution in [1.29, 1.82) is 0 Å². The minimum atomic E-state index is 0.150. The molecule has 6 heteroatoms. The molecule has 4 rings (SSSR count). The summed E-state index contributed by atoms with van der Waals surface area (Å²) in [6, 6.07) is 2.19. The number of morpholine rings is 1. The van der Waals surface area contributed by atoms with Gasteiger partial charge in [-0.15, -0.1) is 11.3 Å². The Morgan fingerprint density at radius 1 is 1.52 bits per heavy atom. The molecule has 3 heterocycles. The van der Waals surface area contributed by atoms with Gasteiger partial charge in [-0.05, 0) is 18.4 Å². The first-order chi connectivity index (χ1) is 10.3. The zero-order chi connectivity index (χ0) is 14.2. The molecule has 1 saturated carbocycles. The van der Waals surface area contributed by atoms with Gasteiger partial charge in [0.05, 0.1) is 30.3 Å². The molecule has 1 saturated heterocycles. The van der Waals surface area contributed by atoms with Gasteiger partial charge in [-0.1, -0.05) is 19.3 Å². The normalized spacial score (nSPS) is 23.4. The van der Waals surface area contributed by atoms with Crippen LogP contribution in [-0.4, -0.2) is 46.8 Å². The van der Waals surface area contributed by atoms with Gasteiger partial charge in [0, 0.05) is 11.9 Å². The molecule has 1 aliphatic heterocycles. The summed E-state index contributed by atoms with van der Waals surface area (Å²) in [5, 5.41) is 7.94. The number of thiophene rings is 1. The molecule has 2 fully saturated rings. The minimum Gasteiger partial charge on any atom is -0.377 e. The van der Waals surface area contributed by atoms with Crippen molar-refractivity contribution in [2.45, 2.75) is 31.7 Å². The summed E-state index contributed by atoms with van der Waals surface area (Å²) < 4.78 is 5.61. The lowest BCUT2D eigenvalue weighted by atomic mass is 9.80. The van der Waals surface area contributed by atoms with E-state index in [1.165, 1.54) is 30.6 Å². The molecule has 1 amide bonds. The second-order valence-electron chi connectivity index (χ2n) is 6.03. The van der Waals surface area contributed by atoms with Gasteiger partial charge in [0.2, 0.25) is 0 Å². The summed E-state index contributed by atoms with van der Waals surface area (Å²) in [5.41, 5.74) is 0.